The number of thiophene rings is 1. The van der Waals surface area contributed by atoms with Crippen LogP contribution in [0.4, 0.5) is 0 Å². The molecule has 17 heavy (non-hydrogen) atoms. The molecule has 1 aliphatic carbocycles. The summed E-state index contributed by atoms with van der Waals surface area (Å²) in [6.45, 7) is 0. The fraction of sp³-hybridized carbons (Fsp3) is 0.643. The molecule has 1 aromatic heterocycles. The number of ketones is 1. The lowest BCUT2D eigenvalue weighted by atomic mass is 9.83. The first-order valence-electron chi connectivity index (χ1n) is 6.39. The van der Waals surface area contributed by atoms with Gasteiger partial charge in [0.15, 0.2) is 5.78 Å². The third-order valence-electron chi connectivity index (χ3n) is 3.58. The summed E-state index contributed by atoms with van der Waals surface area (Å²) in [5.41, 5.74) is 0. The van der Waals surface area contributed by atoms with Gasteiger partial charge < -0.3 is 4.74 Å². The van der Waals surface area contributed by atoms with Gasteiger partial charge in [-0.25, -0.2) is 0 Å². The van der Waals surface area contributed by atoms with Crippen molar-refractivity contribution in [1.29, 1.82) is 0 Å². The molecule has 0 spiro atoms. The first kappa shape index (κ1) is 12.8. The molecule has 0 radical (unpaired) electrons. The van der Waals surface area contributed by atoms with Crippen LogP contribution in [0.25, 0.3) is 0 Å². The number of ether oxygens (including phenoxy) is 1. The number of Topliss-reactive ketones (excluding diaryl/α,β-unsaturated/α-hetero) is 1. The number of carbonyl (C=O) groups excluding carboxylic acids is 1. The van der Waals surface area contributed by atoms with Crippen molar-refractivity contribution in [1.82, 2.24) is 0 Å². The molecule has 1 aromatic rings. The third kappa shape index (κ3) is 3.39. The van der Waals surface area contributed by atoms with Crippen LogP contribution >= 0.6 is 11.3 Å². The molecule has 0 saturated heterocycles. The molecule has 1 unspecified atom stereocenters. The van der Waals surface area contributed by atoms with Gasteiger partial charge in [0.05, 0.1) is 0 Å². The number of carbonyl (C=O) groups is 1. The molecule has 1 atom stereocenters. The average Bonchev–Trinajstić information content (AvgIpc) is 2.84. The van der Waals surface area contributed by atoms with E-state index in [2.05, 4.69) is 0 Å². The van der Waals surface area contributed by atoms with Gasteiger partial charge >= 0.3 is 0 Å². The summed E-state index contributed by atoms with van der Waals surface area (Å²) in [5.74, 6) is 0.697. The Morgan fingerprint density at radius 3 is 2.82 bits per heavy atom. The van der Waals surface area contributed by atoms with E-state index in [9.17, 15) is 4.79 Å². The minimum Gasteiger partial charge on any atom is -0.373 e. The van der Waals surface area contributed by atoms with Crippen LogP contribution in [0.5, 0.6) is 0 Å². The molecule has 0 N–H and O–H groups in total. The lowest BCUT2D eigenvalue weighted by Gasteiger charge is -2.28. The Labute approximate surface area is 107 Å². The zero-order valence-electron chi connectivity index (χ0n) is 10.4. The standard InChI is InChI=1S/C14H20O2S/c1-16-14(11-6-3-2-4-7-11)13(15)10-12-8-5-9-17-12/h5,8-9,11,14H,2-4,6-7,10H2,1H3. The van der Waals surface area contributed by atoms with Crippen molar-refractivity contribution in [2.75, 3.05) is 7.11 Å². The van der Waals surface area contributed by atoms with Gasteiger partial charge in [-0.2, -0.15) is 0 Å². The van der Waals surface area contributed by atoms with Gasteiger partial charge in [-0.1, -0.05) is 25.3 Å². The van der Waals surface area contributed by atoms with Gasteiger partial charge in [-0.05, 0) is 30.2 Å². The summed E-state index contributed by atoms with van der Waals surface area (Å²) in [6, 6.07) is 4.02. The predicted octanol–water partition coefficient (Wildman–Crippen LogP) is 3.46. The van der Waals surface area contributed by atoms with Crippen molar-refractivity contribution in [3.05, 3.63) is 22.4 Å². The van der Waals surface area contributed by atoms with Crippen LogP contribution in [0.15, 0.2) is 17.5 Å². The first-order chi connectivity index (χ1) is 8.31. The van der Waals surface area contributed by atoms with E-state index in [1.165, 1.54) is 19.3 Å². The summed E-state index contributed by atoms with van der Waals surface area (Å²) in [6.07, 6.45) is 6.45. The van der Waals surface area contributed by atoms with Gasteiger partial charge in [-0.15, -0.1) is 11.3 Å². The minimum absolute atomic E-state index is 0.183. The maximum atomic E-state index is 12.2. The number of rotatable bonds is 5. The van der Waals surface area contributed by atoms with Crippen LogP contribution in [0.1, 0.15) is 37.0 Å². The van der Waals surface area contributed by atoms with Crippen molar-refractivity contribution in [2.24, 2.45) is 5.92 Å². The second-order valence-corrected chi connectivity index (χ2v) is 5.81. The van der Waals surface area contributed by atoms with Crippen LogP contribution in [-0.4, -0.2) is 19.0 Å². The number of hydrogen-bond acceptors (Lipinski definition) is 3. The molecule has 0 bridgehead atoms. The first-order valence-corrected chi connectivity index (χ1v) is 7.27. The second-order valence-electron chi connectivity index (χ2n) is 4.78. The Morgan fingerprint density at radius 1 is 1.47 bits per heavy atom. The van der Waals surface area contributed by atoms with E-state index in [0.29, 0.717) is 12.3 Å². The minimum atomic E-state index is -0.183. The summed E-state index contributed by atoms with van der Waals surface area (Å²) in [4.78, 5) is 13.4. The monoisotopic (exact) mass is 252 g/mol. The highest BCUT2D eigenvalue weighted by molar-refractivity contribution is 7.10. The highest BCUT2D eigenvalue weighted by Crippen LogP contribution is 2.29. The van der Waals surface area contributed by atoms with Crippen molar-refractivity contribution in [3.63, 3.8) is 0 Å². The molecular formula is C14H20O2S. The third-order valence-corrected chi connectivity index (χ3v) is 4.45. The Bertz CT molecular complexity index is 339. The molecule has 2 nitrogen and oxygen atoms in total. The number of methoxy groups -OCH3 is 1. The average molecular weight is 252 g/mol. The Kier molecular flexibility index (Phi) is 4.75. The van der Waals surface area contributed by atoms with Crippen LogP contribution < -0.4 is 0 Å². The van der Waals surface area contributed by atoms with E-state index in [4.69, 9.17) is 4.74 Å². The molecule has 0 aliphatic heterocycles. The molecular weight excluding hydrogens is 232 g/mol. The Morgan fingerprint density at radius 2 is 2.24 bits per heavy atom. The highest BCUT2D eigenvalue weighted by atomic mass is 32.1. The largest absolute Gasteiger partial charge is 0.373 e. The van der Waals surface area contributed by atoms with E-state index in [1.807, 2.05) is 17.5 Å². The molecule has 0 aromatic carbocycles. The molecule has 94 valence electrons. The van der Waals surface area contributed by atoms with Gasteiger partial charge in [-0.3, -0.25) is 4.79 Å². The number of hydrogen-bond donors (Lipinski definition) is 0. The van der Waals surface area contributed by atoms with Gasteiger partial charge in [0.1, 0.15) is 6.10 Å². The molecule has 2 rings (SSSR count). The van der Waals surface area contributed by atoms with E-state index >= 15 is 0 Å². The van der Waals surface area contributed by atoms with Gasteiger partial charge in [0.2, 0.25) is 0 Å². The summed E-state index contributed by atoms with van der Waals surface area (Å²) < 4.78 is 5.46. The fourth-order valence-electron chi connectivity index (χ4n) is 2.71. The smallest absolute Gasteiger partial charge is 0.166 e. The van der Waals surface area contributed by atoms with E-state index < -0.39 is 0 Å². The Hall–Kier alpha value is -0.670. The zero-order chi connectivity index (χ0) is 12.1. The van der Waals surface area contributed by atoms with Crippen LogP contribution in [0.2, 0.25) is 0 Å². The van der Waals surface area contributed by atoms with Crippen molar-refractivity contribution < 1.29 is 9.53 Å². The van der Waals surface area contributed by atoms with Crippen LogP contribution in [-0.2, 0) is 16.0 Å². The maximum Gasteiger partial charge on any atom is 0.166 e. The van der Waals surface area contributed by atoms with E-state index in [1.54, 1.807) is 18.4 Å². The maximum absolute atomic E-state index is 12.2. The Balaban J connectivity index is 1.94. The van der Waals surface area contributed by atoms with Gasteiger partial charge in [0, 0.05) is 18.4 Å². The quantitative estimate of drug-likeness (QED) is 0.802. The molecule has 0 amide bonds. The van der Waals surface area contributed by atoms with E-state index in [-0.39, 0.29) is 11.9 Å². The zero-order valence-corrected chi connectivity index (χ0v) is 11.2. The van der Waals surface area contributed by atoms with Crippen molar-refractivity contribution in [2.45, 2.75) is 44.6 Å². The molecule has 1 heterocycles. The summed E-state index contributed by atoms with van der Waals surface area (Å²) in [5, 5.41) is 2.02. The second kappa shape index (κ2) is 6.31. The molecule has 1 aliphatic rings. The van der Waals surface area contributed by atoms with Crippen LogP contribution in [0, 0.1) is 5.92 Å². The van der Waals surface area contributed by atoms with E-state index in [0.717, 1.165) is 17.7 Å². The SMILES string of the molecule is COC(C(=O)Cc1cccs1)C1CCCCC1. The fourth-order valence-corrected chi connectivity index (χ4v) is 3.42. The lowest BCUT2D eigenvalue weighted by Crippen LogP contribution is -2.34. The lowest BCUT2D eigenvalue weighted by molar-refractivity contribution is -0.132. The highest BCUT2D eigenvalue weighted by Gasteiger charge is 2.29. The van der Waals surface area contributed by atoms with Gasteiger partial charge in [0.25, 0.3) is 0 Å². The molecule has 1 saturated carbocycles. The van der Waals surface area contributed by atoms with Crippen molar-refractivity contribution >= 4 is 17.1 Å². The summed E-state index contributed by atoms with van der Waals surface area (Å²) >= 11 is 1.65. The van der Waals surface area contributed by atoms with Crippen LogP contribution in [0.3, 0.4) is 0 Å². The van der Waals surface area contributed by atoms with Crippen molar-refractivity contribution in [3.8, 4) is 0 Å². The predicted molar refractivity (Wildman–Crippen MR) is 70.4 cm³/mol. The normalized spacial score (nSPS) is 19.1. The summed E-state index contributed by atoms with van der Waals surface area (Å²) in [7, 11) is 1.67. The molecule has 3 heteroatoms. The molecule has 1 fully saturated rings. The topological polar surface area (TPSA) is 26.3 Å².